The second-order valence-electron chi connectivity index (χ2n) is 2.91. The van der Waals surface area contributed by atoms with Crippen molar-refractivity contribution < 1.29 is 0 Å². The van der Waals surface area contributed by atoms with Gasteiger partial charge in [0.2, 0.25) is 0 Å². The quantitative estimate of drug-likeness (QED) is 0.710. The molecule has 0 aliphatic carbocycles. The molecular formula is C9H23Br2N. The van der Waals surface area contributed by atoms with Crippen molar-refractivity contribution in [2.45, 2.75) is 51.9 Å². The Labute approximate surface area is 98.0 Å². The first-order valence-electron chi connectivity index (χ1n) is 4.62. The molecule has 1 nitrogen and oxygen atoms in total. The van der Waals surface area contributed by atoms with Gasteiger partial charge in [0.05, 0.1) is 0 Å². The van der Waals surface area contributed by atoms with Crippen LogP contribution in [0.2, 0.25) is 0 Å². The number of nitrogens with two attached hydrogens (primary N) is 1. The van der Waals surface area contributed by atoms with Crippen molar-refractivity contribution in [2.24, 2.45) is 5.73 Å². The Morgan fingerprint density at radius 1 is 0.750 bits per heavy atom. The largest absolute Gasteiger partial charge is 0.330 e. The molecule has 0 aromatic rings. The fourth-order valence-electron chi connectivity index (χ4n) is 1.10. The van der Waals surface area contributed by atoms with Gasteiger partial charge in [0.25, 0.3) is 0 Å². The normalized spacial score (nSPS) is 8.50. The number of unbranched alkanes of at least 4 members (excludes halogenated alkanes) is 6. The van der Waals surface area contributed by atoms with Gasteiger partial charge in [-0.15, -0.1) is 34.0 Å². The average molecular weight is 305 g/mol. The van der Waals surface area contributed by atoms with Crippen LogP contribution in [0.25, 0.3) is 0 Å². The second-order valence-corrected chi connectivity index (χ2v) is 2.91. The molecule has 0 fully saturated rings. The van der Waals surface area contributed by atoms with Gasteiger partial charge in [-0.05, 0) is 13.0 Å². The summed E-state index contributed by atoms with van der Waals surface area (Å²) in [7, 11) is 0. The van der Waals surface area contributed by atoms with Crippen molar-refractivity contribution in [1.29, 1.82) is 0 Å². The predicted octanol–water partition coefficient (Wildman–Crippen LogP) is 3.85. The third-order valence-electron chi connectivity index (χ3n) is 1.81. The molecule has 2 N–H and O–H groups in total. The van der Waals surface area contributed by atoms with E-state index in [-0.39, 0.29) is 34.0 Å². The standard InChI is InChI=1S/C9H21N.2BrH/c1-2-3-4-5-6-7-8-9-10;;/h2-10H2,1H3;2*1H. The summed E-state index contributed by atoms with van der Waals surface area (Å²) in [6.45, 7) is 3.12. The molecule has 0 saturated carbocycles. The van der Waals surface area contributed by atoms with Crippen LogP contribution >= 0.6 is 34.0 Å². The number of rotatable bonds is 7. The Kier molecular flexibility index (Phi) is 27.8. The van der Waals surface area contributed by atoms with Gasteiger partial charge < -0.3 is 5.73 Å². The molecule has 0 amide bonds. The van der Waals surface area contributed by atoms with Crippen LogP contribution < -0.4 is 5.73 Å². The molecule has 0 radical (unpaired) electrons. The molecule has 0 bridgehead atoms. The van der Waals surface area contributed by atoms with Crippen molar-refractivity contribution in [3.8, 4) is 0 Å². The highest BCUT2D eigenvalue weighted by Gasteiger charge is 1.87. The van der Waals surface area contributed by atoms with Gasteiger partial charge in [-0.25, -0.2) is 0 Å². The van der Waals surface area contributed by atoms with Gasteiger partial charge in [0.15, 0.2) is 0 Å². The monoisotopic (exact) mass is 303 g/mol. The third kappa shape index (κ3) is 17.1. The molecule has 0 aromatic carbocycles. The van der Waals surface area contributed by atoms with Crippen LogP contribution in [0.4, 0.5) is 0 Å². The number of halogens is 2. The first-order valence-corrected chi connectivity index (χ1v) is 4.62. The summed E-state index contributed by atoms with van der Waals surface area (Å²) >= 11 is 0. The van der Waals surface area contributed by atoms with Crippen LogP contribution in [0.15, 0.2) is 0 Å². The Balaban J connectivity index is -0.000000405. The van der Waals surface area contributed by atoms with Crippen molar-refractivity contribution >= 4 is 34.0 Å². The van der Waals surface area contributed by atoms with E-state index in [2.05, 4.69) is 6.92 Å². The van der Waals surface area contributed by atoms with E-state index in [1.165, 1.54) is 44.9 Å². The Bertz CT molecular complexity index is 52.5. The number of hydrogen-bond donors (Lipinski definition) is 1. The minimum atomic E-state index is 0. The lowest BCUT2D eigenvalue weighted by Crippen LogP contribution is -1.97. The van der Waals surface area contributed by atoms with Gasteiger partial charge in [-0.2, -0.15) is 0 Å². The van der Waals surface area contributed by atoms with Gasteiger partial charge in [0, 0.05) is 0 Å². The zero-order valence-electron chi connectivity index (χ0n) is 8.05. The minimum absolute atomic E-state index is 0. The molecule has 78 valence electrons. The van der Waals surface area contributed by atoms with E-state index in [0.29, 0.717) is 0 Å². The van der Waals surface area contributed by atoms with E-state index in [9.17, 15) is 0 Å². The zero-order valence-corrected chi connectivity index (χ0v) is 11.5. The van der Waals surface area contributed by atoms with E-state index >= 15 is 0 Å². The molecule has 0 aliphatic heterocycles. The summed E-state index contributed by atoms with van der Waals surface area (Å²) in [6.07, 6.45) is 9.51. The highest BCUT2D eigenvalue weighted by molar-refractivity contribution is 8.93. The van der Waals surface area contributed by atoms with E-state index in [4.69, 9.17) is 5.73 Å². The van der Waals surface area contributed by atoms with Crippen molar-refractivity contribution in [1.82, 2.24) is 0 Å². The molecule has 0 unspecified atom stereocenters. The van der Waals surface area contributed by atoms with E-state index < -0.39 is 0 Å². The molecule has 0 aromatic heterocycles. The molecular weight excluding hydrogens is 282 g/mol. The summed E-state index contributed by atoms with van der Waals surface area (Å²) in [5.41, 5.74) is 5.37. The summed E-state index contributed by atoms with van der Waals surface area (Å²) < 4.78 is 0. The summed E-state index contributed by atoms with van der Waals surface area (Å²) in [5, 5.41) is 0. The van der Waals surface area contributed by atoms with Gasteiger partial charge in [0.1, 0.15) is 0 Å². The fraction of sp³-hybridized carbons (Fsp3) is 1.00. The van der Waals surface area contributed by atoms with Crippen LogP contribution in [-0.4, -0.2) is 6.54 Å². The van der Waals surface area contributed by atoms with Crippen molar-refractivity contribution in [3.05, 3.63) is 0 Å². The Morgan fingerprint density at radius 2 is 1.17 bits per heavy atom. The SMILES string of the molecule is Br.Br.CCCCCCCCCN. The Hall–Kier alpha value is 0.920. The van der Waals surface area contributed by atoms with Gasteiger partial charge in [-0.1, -0.05) is 45.4 Å². The smallest absolute Gasteiger partial charge is 0.00773 e. The van der Waals surface area contributed by atoms with Crippen LogP contribution in [0, 0.1) is 0 Å². The summed E-state index contributed by atoms with van der Waals surface area (Å²) in [6, 6.07) is 0. The van der Waals surface area contributed by atoms with Crippen molar-refractivity contribution in [2.75, 3.05) is 6.54 Å². The first-order chi connectivity index (χ1) is 4.91. The second kappa shape index (κ2) is 17.9. The number of hydrogen-bond acceptors (Lipinski definition) is 1. The molecule has 0 spiro atoms. The maximum Gasteiger partial charge on any atom is -0.00773 e. The highest BCUT2D eigenvalue weighted by atomic mass is 79.9. The predicted molar refractivity (Wildman–Crippen MR) is 67.7 cm³/mol. The molecule has 0 atom stereocenters. The molecule has 3 heteroatoms. The third-order valence-corrected chi connectivity index (χ3v) is 1.81. The van der Waals surface area contributed by atoms with E-state index in [1.54, 1.807) is 0 Å². The topological polar surface area (TPSA) is 26.0 Å². The molecule has 0 saturated heterocycles. The zero-order chi connectivity index (χ0) is 7.66. The van der Waals surface area contributed by atoms with Gasteiger partial charge in [-0.3, -0.25) is 0 Å². The van der Waals surface area contributed by atoms with Crippen LogP contribution in [-0.2, 0) is 0 Å². The highest BCUT2D eigenvalue weighted by Crippen LogP contribution is 2.05. The molecule has 0 aliphatic rings. The van der Waals surface area contributed by atoms with E-state index in [0.717, 1.165) is 6.54 Å². The summed E-state index contributed by atoms with van der Waals surface area (Å²) in [4.78, 5) is 0. The summed E-state index contributed by atoms with van der Waals surface area (Å²) in [5.74, 6) is 0. The average Bonchev–Trinajstić information content (AvgIpc) is 1.97. The Morgan fingerprint density at radius 3 is 1.58 bits per heavy atom. The molecule has 0 heterocycles. The fourth-order valence-corrected chi connectivity index (χ4v) is 1.10. The van der Waals surface area contributed by atoms with Crippen LogP contribution in [0.1, 0.15) is 51.9 Å². The van der Waals surface area contributed by atoms with E-state index in [1.807, 2.05) is 0 Å². The lowest BCUT2D eigenvalue weighted by Gasteiger charge is -1.97. The molecule has 12 heavy (non-hydrogen) atoms. The molecule has 0 rings (SSSR count). The maximum atomic E-state index is 5.37. The minimum Gasteiger partial charge on any atom is -0.330 e. The van der Waals surface area contributed by atoms with Crippen LogP contribution in [0.3, 0.4) is 0 Å². The first kappa shape index (κ1) is 18.7. The van der Waals surface area contributed by atoms with Crippen molar-refractivity contribution in [3.63, 3.8) is 0 Å². The lowest BCUT2D eigenvalue weighted by atomic mass is 10.1. The maximum absolute atomic E-state index is 5.37. The van der Waals surface area contributed by atoms with Gasteiger partial charge >= 0.3 is 0 Å². The lowest BCUT2D eigenvalue weighted by molar-refractivity contribution is 0.593. The van der Waals surface area contributed by atoms with Crippen LogP contribution in [0.5, 0.6) is 0 Å².